The van der Waals surface area contributed by atoms with Crippen LogP contribution in [0.25, 0.3) is 0 Å². The lowest BCUT2D eigenvalue weighted by Crippen LogP contribution is -2.56. The smallest absolute Gasteiger partial charge is 0.163 e. The average molecular weight is 309 g/mol. The number of nitrogens with two attached hydrogens (primary N) is 2. The van der Waals surface area contributed by atoms with Crippen molar-refractivity contribution in [1.29, 1.82) is 0 Å². The predicted molar refractivity (Wildman–Crippen MR) is 85.8 cm³/mol. The second-order valence-electron chi connectivity index (χ2n) is 5.33. The number of nitrogens with zero attached hydrogens (tertiary/aromatic N) is 2. The largest absolute Gasteiger partial charge is 0.382 e. The van der Waals surface area contributed by atoms with E-state index in [1.54, 1.807) is 12.4 Å². The van der Waals surface area contributed by atoms with Crippen LogP contribution in [0.5, 0.6) is 0 Å². The van der Waals surface area contributed by atoms with Crippen molar-refractivity contribution in [2.45, 2.75) is 18.4 Å². The summed E-state index contributed by atoms with van der Waals surface area (Å²) in [5.41, 5.74) is 12.5. The monoisotopic (exact) mass is 308 g/mol. The molecule has 1 saturated heterocycles. The minimum Gasteiger partial charge on any atom is -0.382 e. The van der Waals surface area contributed by atoms with Crippen molar-refractivity contribution in [2.75, 3.05) is 13.1 Å². The molecule has 3 rings (SSSR count). The summed E-state index contributed by atoms with van der Waals surface area (Å²) in [4.78, 5) is 8.41. The molecule has 2 aliphatic heterocycles. The van der Waals surface area contributed by atoms with Crippen LogP contribution in [0.3, 0.4) is 0 Å². The lowest BCUT2D eigenvalue weighted by molar-refractivity contribution is 0.251. The zero-order valence-electron chi connectivity index (χ0n) is 11.7. The van der Waals surface area contributed by atoms with Crippen LogP contribution in [0.4, 0.5) is 0 Å². The minimum atomic E-state index is -0.413. The summed E-state index contributed by atoms with van der Waals surface area (Å²) in [6, 6.07) is 4.00. The van der Waals surface area contributed by atoms with Crippen molar-refractivity contribution in [2.24, 2.45) is 22.4 Å². The van der Waals surface area contributed by atoms with E-state index in [1.807, 2.05) is 18.3 Å². The standard InChI is InChI=1S/C14H20N6.ClH/c15-12-13(16)20-14(9-19-12,10-3-6-17-7-4-10)11-2-1-5-18-8-11;/h3-4,6-7,9,11,18,20H,1-2,5,8,15-16H2;1H. The molecule has 1 aromatic heterocycles. The van der Waals surface area contributed by atoms with Gasteiger partial charge in [-0.2, -0.15) is 0 Å². The Morgan fingerprint density at radius 2 is 2.00 bits per heavy atom. The van der Waals surface area contributed by atoms with Gasteiger partial charge in [-0.3, -0.25) is 4.98 Å². The molecular formula is C14H21ClN6. The normalized spacial score (nSPS) is 28.7. The van der Waals surface area contributed by atoms with Gasteiger partial charge in [0.2, 0.25) is 0 Å². The topological polar surface area (TPSA) is 101 Å². The van der Waals surface area contributed by atoms with Crippen molar-refractivity contribution in [3.63, 3.8) is 0 Å². The summed E-state index contributed by atoms with van der Waals surface area (Å²) in [5, 5.41) is 6.83. The van der Waals surface area contributed by atoms with Crippen LogP contribution in [0, 0.1) is 5.92 Å². The molecule has 2 atom stereocenters. The van der Waals surface area contributed by atoms with Crippen molar-refractivity contribution in [1.82, 2.24) is 15.6 Å². The third-order valence-electron chi connectivity index (χ3n) is 4.12. The molecule has 0 spiro atoms. The first kappa shape index (κ1) is 15.6. The number of aliphatic imine (C=N–C) groups is 1. The molecule has 0 aromatic carbocycles. The van der Waals surface area contributed by atoms with Crippen molar-refractivity contribution < 1.29 is 0 Å². The Labute approximate surface area is 130 Å². The second kappa shape index (κ2) is 6.32. The first-order valence-corrected chi connectivity index (χ1v) is 6.92. The molecule has 114 valence electrons. The van der Waals surface area contributed by atoms with E-state index in [4.69, 9.17) is 11.5 Å². The van der Waals surface area contributed by atoms with E-state index >= 15 is 0 Å². The van der Waals surface area contributed by atoms with E-state index < -0.39 is 5.54 Å². The molecule has 0 bridgehead atoms. The van der Waals surface area contributed by atoms with Crippen LogP contribution in [0.15, 0.2) is 41.2 Å². The highest BCUT2D eigenvalue weighted by molar-refractivity contribution is 5.85. The Kier molecular flexibility index (Phi) is 4.69. The highest BCUT2D eigenvalue weighted by atomic mass is 35.5. The minimum absolute atomic E-state index is 0. The van der Waals surface area contributed by atoms with E-state index in [0.29, 0.717) is 17.6 Å². The van der Waals surface area contributed by atoms with Gasteiger partial charge in [-0.25, -0.2) is 4.99 Å². The summed E-state index contributed by atoms with van der Waals surface area (Å²) in [7, 11) is 0. The molecule has 0 radical (unpaired) electrons. The maximum atomic E-state index is 5.99. The van der Waals surface area contributed by atoms with Crippen LogP contribution in [0.1, 0.15) is 18.4 Å². The molecule has 6 N–H and O–H groups in total. The second-order valence-corrected chi connectivity index (χ2v) is 5.33. The Morgan fingerprint density at radius 3 is 2.62 bits per heavy atom. The van der Waals surface area contributed by atoms with Gasteiger partial charge in [0.05, 0.1) is 0 Å². The summed E-state index contributed by atoms with van der Waals surface area (Å²) >= 11 is 0. The van der Waals surface area contributed by atoms with E-state index in [9.17, 15) is 0 Å². The number of pyridine rings is 1. The van der Waals surface area contributed by atoms with Gasteiger partial charge in [-0.1, -0.05) is 0 Å². The SMILES string of the molecule is Cl.NC1=C(N)NC(c2ccncc2)(C2CCCNC2)C=N1. The molecule has 6 nitrogen and oxygen atoms in total. The van der Waals surface area contributed by atoms with Crippen LogP contribution < -0.4 is 22.1 Å². The van der Waals surface area contributed by atoms with Crippen LogP contribution in [-0.2, 0) is 5.54 Å². The number of piperidine rings is 1. The third-order valence-corrected chi connectivity index (χ3v) is 4.12. The van der Waals surface area contributed by atoms with Crippen molar-refractivity contribution >= 4 is 18.6 Å². The lowest BCUT2D eigenvalue weighted by Gasteiger charge is -2.43. The van der Waals surface area contributed by atoms with Crippen molar-refractivity contribution in [3.8, 4) is 0 Å². The van der Waals surface area contributed by atoms with Gasteiger partial charge in [0.25, 0.3) is 0 Å². The van der Waals surface area contributed by atoms with E-state index in [0.717, 1.165) is 31.5 Å². The maximum absolute atomic E-state index is 5.99. The van der Waals surface area contributed by atoms with Crippen LogP contribution in [0.2, 0.25) is 0 Å². The Hall–Kier alpha value is -1.79. The first-order chi connectivity index (χ1) is 9.72. The highest BCUT2D eigenvalue weighted by Crippen LogP contribution is 2.34. The van der Waals surface area contributed by atoms with Gasteiger partial charge in [-0.15, -0.1) is 12.4 Å². The van der Waals surface area contributed by atoms with Gasteiger partial charge >= 0.3 is 0 Å². The summed E-state index contributed by atoms with van der Waals surface area (Å²) in [5.74, 6) is 1.15. The van der Waals surface area contributed by atoms with E-state index in [2.05, 4.69) is 20.6 Å². The van der Waals surface area contributed by atoms with Gasteiger partial charge in [0.15, 0.2) is 5.82 Å². The van der Waals surface area contributed by atoms with Gasteiger partial charge in [0.1, 0.15) is 11.4 Å². The van der Waals surface area contributed by atoms with Crippen LogP contribution >= 0.6 is 12.4 Å². The molecule has 7 heteroatoms. The lowest BCUT2D eigenvalue weighted by atomic mass is 9.75. The molecule has 0 saturated carbocycles. The maximum Gasteiger partial charge on any atom is 0.163 e. The van der Waals surface area contributed by atoms with Crippen LogP contribution in [-0.4, -0.2) is 24.3 Å². The molecule has 0 amide bonds. The Balaban J connectivity index is 0.00000161. The molecular weight excluding hydrogens is 288 g/mol. The van der Waals surface area contributed by atoms with Gasteiger partial charge in [0, 0.05) is 31.1 Å². The fraction of sp³-hybridized carbons (Fsp3) is 0.429. The third kappa shape index (κ3) is 2.82. The first-order valence-electron chi connectivity index (χ1n) is 6.92. The Morgan fingerprint density at radius 1 is 1.24 bits per heavy atom. The quantitative estimate of drug-likeness (QED) is 0.634. The fourth-order valence-electron chi connectivity index (χ4n) is 3.02. The summed E-state index contributed by atoms with van der Waals surface area (Å²) in [6.45, 7) is 1.99. The molecule has 21 heavy (non-hydrogen) atoms. The summed E-state index contributed by atoms with van der Waals surface area (Å²) in [6.07, 6.45) is 7.74. The number of rotatable bonds is 2. The molecule has 2 unspecified atom stereocenters. The highest BCUT2D eigenvalue weighted by Gasteiger charge is 2.41. The number of aromatic nitrogens is 1. The fourth-order valence-corrected chi connectivity index (χ4v) is 3.02. The molecule has 3 heterocycles. The summed E-state index contributed by atoms with van der Waals surface area (Å²) < 4.78 is 0. The number of hydrogen-bond donors (Lipinski definition) is 4. The Bertz CT molecular complexity index is 538. The van der Waals surface area contributed by atoms with Crippen molar-refractivity contribution in [3.05, 3.63) is 41.7 Å². The molecule has 2 aliphatic rings. The van der Waals surface area contributed by atoms with E-state index in [-0.39, 0.29) is 12.4 Å². The molecule has 0 aliphatic carbocycles. The zero-order chi connectivity index (χ0) is 14.0. The molecule has 1 fully saturated rings. The van der Waals surface area contributed by atoms with Gasteiger partial charge < -0.3 is 22.1 Å². The molecule has 1 aromatic rings. The average Bonchev–Trinajstić information content (AvgIpc) is 2.52. The number of halogens is 1. The van der Waals surface area contributed by atoms with E-state index in [1.165, 1.54) is 0 Å². The predicted octanol–water partition coefficient (Wildman–Crippen LogP) is 0.416. The number of nitrogens with one attached hydrogen (secondary N) is 2. The number of hydrogen-bond acceptors (Lipinski definition) is 6. The van der Waals surface area contributed by atoms with Gasteiger partial charge in [-0.05, 0) is 37.1 Å². The zero-order valence-corrected chi connectivity index (χ0v) is 12.6.